The molecule has 2 heterocycles. The number of hydrogen-bond donors (Lipinski definition) is 3. The average Bonchev–Trinajstić information content (AvgIpc) is 2.89. The first-order chi connectivity index (χ1) is 17.7. The number of carbonyl (C=O) groups is 1. The van der Waals surface area contributed by atoms with Crippen molar-refractivity contribution in [3.63, 3.8) is 0 Å². The van der Waals surface area contributed by atoms with Crippen LogP contribution in [0.3, 0.4) is 0 Å². The minimum atomic E-state index is -0.405. The SMILES string of the molecule is CCCC[C@](C)(CNC(C)=O)Nc1nc(NCc2ccc(OC)cc2OC)nc2cc(C(C)C)cnc12. The summed E-state index contributed by atoms with van der Waals surface area (Å²) in [4.78, 5) is 26.0. The van der Waals surface area contributed by atoms with E-state index in [-0.39, 0.29) is 5.91 Å². The number of hydrogen-bond acceptors (Lipinski definition) is 8. The van der Waals surface area contributed by atoms with Crippen LogP contribution in [0.15, 0.2) is 30.5 Å². The summed E-state index contributed by atoms with van der Waals surface area (Å²) in [5.74, 6) is 2.82. The number of nitrogens with one attached hydrogen (secondary N) is 3. The van der Waals surface area contributed by atoms with Gasteiger partial charge in [-0.05, 0) is 43.0 Å². The second kappa shape index (κ2) is 12.6. The van der Waals surface area contributed by atoms with Gasteiger partial charge in [-0.2, -0.15) is 4.98 Å². The van der Waals surface area contributed by atoms with Crippen molar-refractivity contribution in [2.24, 2.45) is 0 Å². The number of pyridine rings is 1. The standard InChI is InChI=1S/C28H40N6O3/c1-8-9-12-28(5,17-31-19(4)35)34-26-25-23(13-21(16-29-25)18(2)3)32-27(33-26)30-15-20-10-11-22(36-6)14-24(20)37-7/h10-11,13-14,16,18H,8-9,12,15,17H2,1-7H3,(H,31,35)(H2,30,32,33,34)/t28-/m1/s1. The maximum Gasteiger partial charge on any atom is 0.225 e. The Labute approximate surface area is 219 Å². The Morgan fingerprint density at radius 2 is 1.92 bits per heavy atom. The number of fused-ring (bicyclic) bond motifs is 1. The van der Waals surface area contributed by atoms with Gasteiger partial charge in [0.05, 0.1) is 25.3 Å². The second-order valence-corrected chi connectivity index (χ2v) is 9.92. The highest BCUT2D eigenvalue weighted by Crippen LogP contribution is 2.29. The summed E-state index contributed by atoms with van der Waals surface area (Å²) >= 11 is 0. The molecule has 200 valence electrons. The van der Waals surface area contributed by atoms with Crippen LogP contribution in [0.1, 0.15) is 70.9 Å². The van der Waals surface area contributed by atoms with Gasteiger partial charge in [0.25, 0.3) is 0 Å². The molecule has 3 rings (SSSR count). The fourth-order valence-corrected chi connectivity index (χ4v) is 4.06. The van der Waals surface area contributed by atoms with Crippen LogP contribution in [0.5, 0.6) is 11.5 Å². The average molecular weight is 509 g/mol. The maximum atomic E-state index is 11.7. The summed E-state index contributed by atoms with van der Waals surface area (Å²) in [6.07, 6.45) is 4.81. The fourth-order valence-electron chi connectivity index (χ4n) is 4.06. The molecule has 0 spiro atoms. The number of methoxy groups -OCH3 is 2. The Morgan fingerprint density at radius 1 is 1.14 bits per heavy atom. The molecule has 1 amide bonds. The lowest BCUT2D eigenvalue weighted by Crippen LogP contribution is -2.46. The van der Waals surface area contributed by atoms with Crippen LogP contribution >= 0.6 is 0 Å². The van der Waals surface area contributed by atoms with Crippen LogP contribution in [0.25, 0.3) is 11.0 Å². The Hall–Kier alpha value is -3.62. The van der Waals surface area contributed by atoms with Gasteiger partial charge in [-0.25, -0.2) is 4.98 Å². The lowest BCUT2D eigenvalue weighted by atomic mass is 9.94. The molecule has 1 atom stereocenters. The van der Waals surface area contributed by atoms with Crippen molar-refractivity contribution in [3.8, 4) is 11.5 Å². The summed E-state index contributed by atoms with van der Waals surface area (Å²) in [5, 5.41) is 9.92. The lowest BCUT2D eigenvalue weighted by molar-refractivity contribution is -0.119. The first-order valence-corrected chi connectivity index (χ1v) is 12.8. The topological polar surface area (TPSA) is 110 Å². The number of ether oxygens (including phenoxy) is 2. The first-order valence-electron chi connectivity index (χ1n) is 12.8. The normalized spacial score (nSPS) is 12.8. The van der Waals surface area contributed by atoms with Gasteiger partial charge in [0.15, 0.2) is 5.82 Å². The van der Waals surface area contributed by atoms with Crippen molar-refractivity contribution in [1.29, 1.82) is 0 Å². The number of unbranched alkanes of at least 4 members (excludes halogenated alkanes) is 1. The number of anilines is 2. The highest BCUT2D eigenvalue weighted by molar-refractivity contribution is 5.87. The third-order valence-electron chi connectivity index (χ3n) is 6.38. The third-order valence-corrected chi connectivity index (χ3v) is 6.38. The van der Waals surface area contributed by atoms with Gasteiger partial charge in [0.1, 0.15) is 17.0 Å². The van der Waals surface area contributed by atoms with E-state index in [1.54, 1.807) is 14.2 Å². The van der Waals surface area contributed by atoms with Gasteiger partial charge < -0.3 is 25.4 Å². The van der Waals surface area contributed by atoms with E-state index in [0.29, 0.717) is 36.3 Å². The van der Waals surface area contributed by atoms with Crippen molar-refractivity contribution >= 4 is 28.7 Å². The van der Waals surface area contributed by atoms with E-state index in [2.05, 4.69) is 49.7 Å². The molecule has 0 aliphatic heterocycles. The molecular weight excluding hydrogens is 468 g/mol. The van der Waals surface area contributed by atoms with E-state index < -0.39 is 5.54 Å². The quantitative estimate of drug-likeness (QED) is 0.286. The number of nitrogens with zero attached hydrogens (tertiary/aromatic N) is 3. The second-order valence-electron chi connectivity index (χ2n) is 9.92. The molecule has 0 bridgehead atoms. The van der Waals surface area contributed by atoms with E-state index >= 15 is 0 Å². The van der Waals surface area contributed by atoms with E-state index in [9.17, 15) is 4.79 Å². The Balaban J connectivity index is 1.99. The number of benzene rings is 1. The predicted octanol–water partition coefficient (Wildman–Crippen LogP) is 5.27. The van der Waals surface area contributed by atoms with Gasteiger partial charge in [-0.15, -0.1) is 0 Å². The molecule has 0 aliphatic rings. The number of amides is 1. The van der Waals surface area contributed by atoms with Crippen molar-refractivity contribution in [2.75, 3.05) is 31.4 Å². The van der Waals surface area contributed by atoms with E-state index in [1.807, 2.05) is 24.4 Å². The smallest absolute Gasteiger partial charge is 0.225 e. The minimum Gasteiger partial charge on any atom is -0.497 e. The molecule has 37 heavy (non-hydrogen) atoms. The first kappa shape index (κ1) is 28.0. The molecule has 9 nitrogen and oxygen atoms in total. The zero-order valence-electron chi connectivity index (χ0n) is 23.1. The third kappa shape index (κ3) is 7.44. The largest absolute Gasteiger partial charge is 0.497 e. The Kier molecular flexibility index (Phi) is 9.49. The molecule has 0 radical (unpaired) electrons. The van der Waals surface area contributed by atoms with Crippen LogP contribution in [0.2, 0.25) is 0 Å². The Morgan fingerprint density at radius 3 is 2.57 bits per heavy atom. The molecule has 0 saturated heterocycles. The van der Waals surface area contributed by atoms with Crippen molar-refractivity contribution < 1.29 is 14.3 Å². The molecule has 0 aliphatic carbocycles. The fraction of sp³-hybridized carbons (Fsp3) is 0.500. The summed E-state index contributed by atoms with van der Waals surface area (Å²) < 4.78 is 10.9. The van der Waals surface area contributed by atoms with Crippen molar-refractivity contribution in [1.82, 2.24) is 20.3 Å². The molecule has 9 heteroatoms. The Bertz CT molecular complexity index is 1220. The van der Waals surface area contributed by atoms with E-state index in [0.717, 1.165) is 47.4 Å². The highest BCUT2D eigenvalue weighted by Gasteiger charge is 2.26. The molecule has 0 fully saturated rings. The van der Waals surface area contributed by atoms with Crippen LogP contribution in [-0.2, 0) is 11.3 Å². The highest BCUT2D eigenvalue weighted by atomic mass is 16.5. The van der Waals surface area contributed by atoms with Gasteiger partial charge in [0.2, 0.25) is 11.9 Å². The molecule has 3 aromatic rings. The van der Waals surface area contributed by atoms with Gasteiger partial charge in [-0.1, -0.05) is 33.6 Å². The molecule has 1 aromatic carbocycles. The zero-order valence-corrected chi connectivity index (χ0v) is 23.1. The monoisotopic (exact) mass is 508 g/mol. The molecule has 0 unspecified atom stereocenters. The molecular formula is C28H40N6O3. The van der Waals surface area contributed by atoms with E-state index in [4.69, 9.17) is 24.4 Å². The van der Waals surface area contributed by atoms with Gasteiger partial charge >= 0.3 is 0 Å². The van der Waals surface area contributed by atoms with Crippen LogP contribution in [0.4, 0.5) is 11.8 Å². The van der Waals surface area contributed by atoms with Crippen molar-refractivity contribution in [2.45, 2.75) is 71.9 Å². The van der Waals surface area contributed by atoms with Crippen LogP contribution < -0.4 is 25.4 Å². The van der Waals surface area contributed by atoms with Crippen LogP contribution in [0, 0.1) is 0 Å². The number of carbonyl (C=O) groups excluding carboxylic acids is 1. The van der Waals surface area contributed by atoms with Gasteiger partial charge in [-0.3, -0.25) is 9.78 Å². The van der Waals surface area contributed by atoms with Gasteiger partial charge in [0, 0.05) is 37.8 Å². The predicted molar refractivity (Wildman–Crippen MR) is 149 cm³/mol. The summed E-state index contributed by atoms with van der Waals surface area (Å²) in [6.45, 7) is 11.0. The summed E-state index contributed by atoms with van der Waals surface area (Å²) in [6, 6.07) is 7.77. The minimum absolute atomic E-state index is 0.0624. The molecule has 0 saturated carbocycles. The maximum absolute atomic E-state index is 11.7. The zero-order chi connectivity index (χ0) is 27.0. The van der Waals surface area contributed by atoms with Crippen molar-refractivity contribution in [3.05, 3.63) is 41.6 Å². The van der Waals surface area contributed by atoms with E-state index in [1.165, 1.54) is 6.92 Å². The molecule has 3 N–H and O–H groups in total. The lowest BCUT2D eigenvalue weighted by Gasteiger charge is -2.32. The summed E-state index contributed by atoms with van der Waals surface area (Å²) in [7, 11) is 3.27. The number of rotatable bonds is 13. The van der Waals surface area contributed by atoms with Crippen LogP contribution in [-0.4, -0.2) is 47.2 Å². The summed E-state index contributed by atoms with van der Waals surface area (Å²) in [5.41, 5.74) is 3.10. The number of aromatic nitrogens is 3. The molecule has 2 aromatic heterocycles.